The van der Waals surface area contributed by atoms with Crippen LogP contribution in [0.15, 0.2) is 18.5 Å². The van der Waals surface area contributed by atoms with Crippen molar-refractivity contribution >= 4 is 0 Å². The van der Waals surface area contributed by atoms with Gasteiger partial charge in [0.2, 0.25) is 0 Å². The minimum Gasteiger partial charge on any atom is -0.318 e. The minimum atomic E-state index is 0.948. The van der Waals surface area contributed by atoms with Gasteiger partial charge in [0.1, 0.15) is 0 Å². The summed E-state index contributed by atoms with van der Waals surface area (Å²) in [5, 5.41) is 7.08. The normalized spacial score (nSPS) is 9.89. The molecule has 0 unspecified atom stereocenters. The van der Waals surface area contributed by atoms with Crippen LogP contribution in [-0.2, 0) is 6.54 Å². The van der Waals surface area contributed by atoms with Gasteiger partial charge in [-0.1, -0.05) is 0 Å². The van der Waals surface area contributed by atoms with Crippen molar-refractivity contribution in [2.45, 2.75) is 6.54 Å². The topological polar surface area (TPSA) is 29.9 Å². The lowest BCUT2D eigenvalue weighted by molar-refractivity contribution is 0.585. The molecule has 1 aromatic rings. The summed E-state index contributed by atoms with van der Waals surface area (Å²) in [5.74, 6) is 0. The molecule has 1 N–H and O–H groups in total. The molecular formula is C6H11N3. The molecule has 0 aliphatic rings. The molecule has 0 aliphatic heterocycles. The van der Waals surface area contributed by atoms with Gasteiger partial charge >= 0.3 is 0 Å². The number of hydrogen-bond donors (Lipinski definition) is 1. The second-order valence-corrected chi connectivity index (χ2v) is 1.87. The highest BCUT2D eigenvalue weighted by Gasteiger charge is 1.84. The molecule has 0 fully saturated rings. The first-order valence-corrected chi connectivity index (χ1v) is 3.05. The zero-order valence-electron chi connectivity index (χ0n) is 5.54. The van der Waals surface area contributed by atoms with E-state index in [0.29, 0.717) is 0 Å². The fourth-order valence-corrected chi connectivity index (χ4v) is 0.659. The van der Waals surface area contributed by atoms with Crippen LogP contribution in [-0.4, -0.2) is 23.4 Å². The Hall–Kier alpha value is -0.830. The van der Waals surface area contributed by atoms with Crippen molar-refractivity contribution in [3.63, 3.8) is 0 Å². The molecular weight excluding hydrogens is 114 g/mol. The molecule has 3 nitrogen and oxygen atoms in total. The summed E-state index contributed by atoms with van der Waals surface area (Å²) in [6.07, 6.45) is 3.74. The molecule has 0 bridgehead atoms. The molecule has 0 radical (unpaired) electrons. The van der Waals surface area contributed by atoms with Gasteiger partial charge in [-0.2, -0.15) is 5.10 Å². The predicted octanol–water partition coefficient (Wildman–Crippen LogP) is 0.102. The van der Waals surface area contributed by atoms with Crippen LogP contribution in [0.5, 0.6) is 0 Å². The standard InChI is InChI=1S/C6H11N3/c1-7-4-6-9-5-2-3-8-9/h2-3,5,7H,4,6H2,1H3. The van der Waals surface area contributed by atoms with Crippen molar-refractivity contribution in [1.82, 2.24) is 15.1 Å². The first kappa shape index (κ1) is 6.29. The lowest BCUT2D eigenvalue weighted by Crippen LogP contribution is -2.14. The first-order valence-electron chi connectivity index (χ1n) is 3.05. The average Bonchev–Trinajstić information content (AvgIpc) is 2.34. The summed E-state index contributed by atoms with van der Waals surface area (Å²) in [5.41, 5.74) is 0. The zero-order chi connectivity index (χ0) is 6.53. The van der Waals surface area contributed by atoms with E-state index in [-0.39, 0.29) is 0 Å². The Morgan fingerprint density at radius 1 is 1.67 bits per heavy atom. The third kappa shape index (κ3) is 1.85. The van der Waals surface area contributed by atoms with Gasteiger partial charge < -0.3 is 5.32 Å². The van der Waals surface area contributed by atoms with Crippen LogP contribution in [0, 0.1) is 0 Å². The van der Waals surface area contributed by atoms with Gasteiger partial charge in [-0.25, -0.2) is 0 Å². The van der Waals surface area contributed by atoms with Gasteiger partial charge in [0.25, 0.3) is 0 Å². The fourth-order valence-electron chi connectivity index (χ4n) is 0.659. The lowest BCUT2D eigenvalue weighted by atomic mass is 10.6. The SMILES string of the molecule is CNCCn1cccn1. The molecule has 0 amide bonds. The fraction of sp³-hybridized carbons (Fsp3) is 0.500. The van der Waals surface area contributed by atoms with Crippen LogP contribution in [0.1, 0.15) is 0 Å². The first-order chi connectivity index (χ1) is 4.43. The Morgan fingerprint density at radius 3 is 3.11 bits per heavy atom. The Bertz CT molecular complexity index is 145. The van der Waals surface area contributed by atoms with Crippen molar-refractivity contribution in [3.8, 4) is 0 Å². The number of nitrogens with one attached hydrogen (secondary N) is 1. The quantitative estimate of drug-likeness (QED) is 0.621. The highest BCUT2D eigenvalue weighted by atomic mass is 15.3. The molecule has 50 valence electrons. The predicted molar refractivity (Wildman–Crippen MR) is 36.2 cm³/mol. The van der Waals surface area contributed by atoms with Crippen molar-refractivity contribution in [3.05, 3.63) is 18.5 Å². The van der Waals surface area contributed by atoms with Crippen LogP contribution < -0.4 is 5.32 Å². The summed E-state index contributed by atoms with van der Waals surface area (Å²) in [6, 6.07) is 1.93. The van der Waals surface area contributed by atoms with Gasteiger partial charge in [-0.15, -0.1) is 0 Å². The molecule has 3 heteroatoms. The van der Waals surface area contributed by atoms with E-state index in [9.17, 15) is 0 Å². The van der Waals surface area contributed by atoms with E-state index in [1.807, 2.05) is 24.0 Å². The highest BCUT2D eigenvalue weighted by molar-refractivity contribution is 4.77. The van der Waals surface area contributed by atoms with E-state index in [1.165, 1.54) is 0 Å². The molecule has 0 spiro atoms. The van der Waals surface area contributed by atoms with Gasteiger partial charge in [0.15, 0.2) is 0 Å². The number of nitrogens with zero attached hydrogens (tertiary/aromatic N) is 2. The van der Waals surface area contributed by atoms with E-state index in [4.69, 9.17) is 0 Å². The number of hydrogen-bond acceptors (Lipinski definition) is 2. The molecule has 1 heterocycles. The molecule has 0 saturated heterocycles. The van der Waals surface area contributed by atoms with Gasteiger partial charge in [-0.05, 0) is 13.1 Å². The van der Waals surface area contributed by atoms with Gasteiger partial charge in [-0.3, -0.25) is 4.68 Å². The zero-order valence-corrected chi connectivity index (χ0v) is 5.54. The summed E-state index contributed by atoms with van der Waals surface area (Å²) in [6.45, 7) is 1.92. The smallest absolute Gasteiger partial charge is 0.0533 e. The van der Waals surface area contributed by atoms with Crippen molar-refractivity contribution < 1.29 is 0 Å². The second kappa shape index (κ2) is 3.25. The molecule has 9 heavy (non-hydrogen) atoms. The maximum absolute atomic E-state index is 4.03. The van der Waals surface area contributed by atoms with Crippen molar-refractivity contribution in [2.24, 2.45) is 0 Å². The van der Waals surface area contributed by atoms with E-state index < -0.39 is 0 Å². The van der Waals surface area contributed by atoms with Gasteiger partial charge in [0, 0.05) is 18.9 Å². The van der Waals surface area contributed by atoms with E-state index in [2.05, 4.69) is 10.4 Å². The maximum atomic E-state index is 4.03. The van der Waals surface area contributed by atoms with Crippen LogP contribution in [0.2, 0.25) is 0 Å². The molecule has 0 aromatic carbocycles. The Balaban J connectivity index is 2.30. The summed E-state index contributed by atoms with van der Waals surface area (Å²) in [4.78, 5) is 0. The molecule has 1 rings (SSSR count). The van der Waals surface area contributed by atoms with Gasteiger partial charge in [0.05, 0.1) is 6.54 Å². The monoisotopic (exact) mass is 125 g/mol. The maximum Gasteiger partial charge on any atom is 0.0533 e. The van der Waals surface area contributed by atoms with Crippen LogP contribution >= 0.6 is 0 Å². The van der Waals surface area contributed by atoms with E-state index in [0.717, 1.165) is 13.1 Å². The Kier molecular flexibility index (Phi) is 2.27. The van der Waals surface area contributed by atoms with Crippen LogP contribution in [0.3, 0.4) is 0 Å². The Morgan fingerprint density at radius 2 is 2.56 bits per heavy atom. The highest BCUT2D eigenvalue weighted by Crippen LogP contribution is 1.80. The third-order valence-corrected chi connectivity index (χ3v) is 1.15. The summed E-state index contributed by atoms with van der Waals surface area (Å²) < 4.78 is 1.90. The summed E-state index contributed by atoms with van der Waals surface area (Å²) in [7, 11) is 1.93. The van der Waals surface area contributed by atoms with E-state index >= 15 is 0 Å². The summed E-state index contributed by atoms with van der Waals surface area (Å²) >= 11 is 0. The molecule has 0 aliphatic carbocycles. The van der Waals surface area contributed by atoms with Crippen LogP contribution in [0.25, 0.3) is 0 Å². The second-order valence-electron chi connectivity index (χ2n) is 1.87. The minimum absolute atomic E-state index is 0.948. The number of rotatable bonds is 3. The number of likely N-dealkylation sites (N-methyl/N-ethyl adjacent to an activating group) is 1. The largest absolute Gasteiger partial charge is 0.318 e. The molecule has 0 saturated carbocycles. The molecule has 0 atom stereocenters. The van der Waals surface area contributed by atoms with Crippen LogP contribution in [0.4, 0.5) is 0 Å². The third-order valence-electron chi connectivity index (χ3n) is 1.15. The average molecular weight is 125 g/mol. The Labute approximate surface area is 54.7 Å². The van der Waals surface area contributed by atoms with Crippen molar-refractivity contribution in [2.75, 3.05) is 13.6 Å². The lowest BCUT2D eigenvalue weighted by Gasteiger charge is -1.97. The van der Waals surface area contributed by atoms with E-state index in [1.54, 1.807) is 6.20 Å². The van der Waals surface area contributed by atoms with Crippen molar-refractivity contribution in [1.29, 1.82) is 0 Å². The molecule has 1 aromatic heterocycles. The number of aromatic nitrogens is 2.